The molecule has 1 aliphatic heterocycles. The summed E-state index contributed by atoms with van der Waals surface area (Å²) in [4.78, 5) is 14.1. The van der Waals surface area contributed by atoms with Gasteiger partial charge in [0.15, 0.2) is 0 Å². The van der Waals surface area contributed by atoms with E-state index in [9.17, 15) is 4.79 Å². The van der Waals surface area contributed by atoms with Gasteiger partial charge >= 0.3 is 5.97 Å². The SMILES string of the molecule is CCC1CN(C(CC)C(=O)OC)c2ccc(CN)cc2O1. The van der Waals surface area contributed by atoms with Crippen molar-refractivity contribution in [2.75, 3.05) is 18.6 Å². The van der Waals surface area contributed by atoms with E-state index in [2.05, 4.69) is 11.8 Å². The Hall–Kier alpha value is -1.75. The molecule has 0 saturated heterocycles. The molecular weight excluding hydrogens is 268 g/mol. The van der Waals surface area contributed by atoms with Crippen LogP contribution in [0.15, 0.2) is 18.2 Å². The Morgan fingerprint density at radius 3 is 2.86 bits per heavy atom. The molecule has 0 bridgehead atoms. The minimum absolute atomic E-state index is 0.0734. The highest BCUT2D eigenvalue weighted by Gasteiger charge is 2.33. The van der Waals surface area contributed by atoms with Crippen molar-refractivity contribution in [3.63, 3.8) is 0 Å². The van der Waals surface area contributed by atoms with Crippen LogP contribution in [0.4, 0.5) is 5.69 Å². The topological polar surface area (TPSA) is 64.8 Å². The number of fused-ring (bicyclic) bond motifs is 1. The molecule has 1 aromatic rings. The second-order valence-electron chi connectivity index (χ2n) is 5.25. The van der Waals surface area contributed by atoms with Gasteiger partial charge in [-0.05, 0) is 30.5 Å². The van der Waals surface area contributed by atoms with Crippen LogP contribution in [0.2, 0.25) is 0 Å². The van der Waals surface area contributed by atoms with Crippen molar-refractivity contribution in [2.24, 2.45) is 5.73 Å². The van der Waals surface area contributed by atoms with Gasteiger partial charge in [-0.15, -0.1) is 0 Å². The number of benzene rings is 1. The Morgan fingerprint density at radius 2 is 2.29 bits per heavy atom. The number of anilines is 1. The van der Waals surface area contributed by atoms with Gasteiger partial charge in [-0.2, -0.15) is 0 Å². The number of nitrogens with zero attached hydrogens (tertiary/aromatic N) is 1. The van der Waals surface area contributed by atoms with Gasteiger partial charge in [0.1, 0.15) is 17.9 Å². The first-order valence-corrected chi connectivity index (χ1v) is 7.48. The van der Waals surface area contributed by atoms with Crippen LogP contribution in [0.1, 0.15) is 32.3 Å². The van der Waals surface area contributed by atoms with E-state index in [-0.39, 0.29) is 18.1 Å². The van der Waals surface area contributed by atoms with Crippen LogP contribution < -0.4 is 15.4 Å². The van der Waals surface area contributed by atoms with E-state index in [0.29, 0.717) is 19.5 Å². The van der Waals surface area contributed by atoms with Gasteiger partial charge < -0.3 is 20.1 Å². The summed E-state index contributed by atoms with van der Waals surface area (Å²) in [6.07, 6.45) is 1.66. The summed E-state index contributed by atoms with van der Waals surface area (Å²) >= 11 is 0. The highest BCUT2D eigenvalue weighted by molar-refractivity contribution is 5.81. The smallest absolute Gasteiger partial charge is 0.328 e. The molecule has 0 amide bonds. The number of esters is 1. The van der Waals surface area contributed by atoms with Crippen LogP contribution in [0.3, 0.4) is 0 Å². The Balaban J connectivity index is 2.40. The van der Waals surface area contributed by atoms with Gasteiger partial charge in [0.2, 0.25) is 0 Å². The lowest BCUT2D eigenvalue weighted by Crippen LogP contribution is -2.49. The zero-order valence-corrected chi connectivity index (χ0v) is 13.0. The van der Waals surface area contributed by atoms with Crippen molar-refractivity contribution in [2.45, 2.75) is 45.4 Å². The summed E-state index contributed by atoms with van der Waals surface area (Å²) in [6, 6.07) is 5.64. The highest BCUT2D eigenvalue weighted by Crippen LogP contribution is 2.36. The van der Waals surface area contributed by atoms with E-state index in [1.54, 1.807) is 0 Å². The second kappa shape index (κ2) is 6.80. The number of rotatable bonds is 5. The van der Waals surface area contributed by atoms with Gasteiger partial charge in [-0.1, -0.05) is 19.9 Å². The summed E-state index contributed by atoms with van der Waals surface area (Å²) in [7, 11) is 1.43. The summed E-state index contributed by atoms with van der Waals surface area (Å²) in [5.74, 6) is 0.599. The molecule has 2 atom stereocenters. The second-order valence-corrected chi connectivity index (χ2v) is 5.25. The molecule has 2 rings (SSSR count). The molecule has 0 saturated carbocycles. The van der Waals surface area contributed by atoms with Crippen molar-refractivity contribution in [1.82, 2.24) is 0 Å². The first kappa shape index (κ1) is 15.6. The summed E-state index contributed by atoms with van der Waals surface area (Å²) in [5, 5.41) is 0. The Bertz CT molecular complexity index is 504. The fourth-order valence-electron chi connectivity index (χ4n) is 2.71. The maximum absolute atomic E-state index is 12.0. The molecule has 116 valence electrons. The van der Waals surface area contributed by atoms with E-state index < -0.39 is 0 Å². The summed E-state index contributed by atoms with van der Waals surface area (Å²) in [6.45, 7) is 5.24. The van der Waals surface area contributed by atoms with E-state index in [0.717, 1.165) is 23.4 Å². The normalized spacial score (nSPS) is 18.7. The molecule has 21 heavy (non-hydrogen) atoms. The van der Waals surface area contributed by atoms with Crippen molar-refractivity contribution in [3.8, 4) is 5.75 Å². The molecule has 1 heterocycles. The van der Waals surface area contributed by atoms with Gasteiger partial charge in [0, 0.05) is 6.54 Å². The monoisotopic (exact) mass is 292 g/mol. The third-order valence-corrected chi connectivity index (χ3v) is 3.95. The number of hydrogen-bond acceptors (Lipinski definition) is 5. The fraction of sp³-hybridized carbons (Fsp3) is 0.562. The largest absolute Gasteiger partial charge is 0.486 e. The lowest BCUT2D eigenvalue weighted by molar-refractivity contribution is -0.142. The maximum Gasteiger partial charge on any atom is 0.328 e. The number of hydrogen-bond donors (Lipinski definition) is 1. The molecule has 0 radical (unpaired) electrons. The fourth-order valence-corrected chi connectivity index (χ4v) is 2.71. The van der Waals surface area contributed by atoms with Gasteiger partial charge in [-0.25, -0.2) is 4.79 Å². The number of carbonyl (C=O) groups is 1. The van der Waals surface area contributed by atoms with Gasteiger partial charge in [0.25, 0.3) is 0 Å². The molecule has 2 N–H and O–H groups in total. The Kier molecular flexibility index (Phi) is 5.07. The molecule has 0 aliphatic carbocycles. The highest BCUT2D eigenvalue weighted by atomic mass is 16.5. The van der Waals surface area contributed by atoms with Crippen LogP contribution in [0.5, 0.6) is 5.75 Å². The average Bonchev–Trinajstić information content (AvgIpc) is 2.54. The first-order valence-electron chi connectivity index (χ1n) is 7.48. The third kappa shape index (κ3) is 3.13. The lowest BCUT2D eigenvalue weighted by atomic mass is 10.1. The quantitative estimate of drug-likeness (QED) is 0.842. The minimum Gasteiger partial charge on any atom is -0.486 e. The van der Waals surface area contributed by atoms with E-state index in [4.69, 9.17) is 15.2 Å². The number of methoxy groups -OCH3 is 1. The first-order chi connectivity index (χ1) is 10.1. The molecular formula is C16H24N2O3. The lowest BCUT2D eigenvalue weighted by Gasteiger charge is -2.39. The Labute approximate surface area is 126 Å². The molecule has 1 aliphatic rings. The van der Waals surface area contributed by atoms with E-state index in [1.165, 1.54) is 7.11 Å². The predicted molar refractivity (Wildman–Crippen MR) is 82.5 cm³/mol. The van der Waals surface area contributed by atoms with Crippen LogP contribution in [-0.2, 0) is 16.1 Å². The molecule has 5 heteroatoms. The standard InChI is InChI=1S/C16H24N2O3/c1-4-12-10-18(13(5-2)16(19)20-3)14-7-6-11(9-17)8-15(14)21-12/h6-8,12-13H,4-5,9-10,17H2,1-3H3. The number of nitrogens with two attached hydrogens (primary N) is 1. The van der Waals surface area contributed by atoms with Crippen LogP contribution in [-0.4, -0.2) is 31.8 Å². The van der Waals surface area contributed by atoms with Crippen molar-refractivity contribution < 1.29 is 14.3 Å². The molecule has 5 nitrogen and oxygen atoms in total. The van der Waals surface area contributed by atoms with Crippen molar-refractivity contribution >= 4 is 11.7 Å². The Morgan fingerprint density at radius 1 is 1.52 bits per heavy atom. The van der Waals surface area contributed by atoms with Gasteiger partial charge in [0.05, 0.1) is 19.3 Å². The zero-order valence-electron chi connectivity index (χ0n) is 13.0. The molecule has 1 aromatic carbocycles. The van der Waals surface area contributed by atoms with Crippen LogP contribution in [0.25, 0.3) is 0 Å². The van der Waals surface area contributed by atoms with Crippen LogP contribution >= 0.6 is 0 Å². The van der Waals surface area contributed by atoms with Crippen molar-refractivity contribution in [3.05, 3.63) is 23.8 Å². The number of ether oxygens (including phenoxy) is 2. The number of carbonyl (C=O) groups excluding carboxylic acids is 1. The molecule has 0 spiro atoms. The van der Waals surface area contributed by atoms with Crippen LogP contribution in [0, 0.1) is 0 Å². The molecule has 0 fully saturated rings. The average molecular weight is 292 g/mol. The summed E-state index contributed by atoms with van der Waals surface area (Å²) in [5.41, 5.74) is 7.66. The van der Waals surface area contributed by atoms with Gasteiger partial charge in [-0.3, -0.25) is 0 Å². The maximum atomic E-state index is 12.0. The van der Waals surface area contributed by atoms with E-state index >= 15 is 0 Å². The van der Waals surface area contributed by atoms with Crippen molar-refractivity contribution in [1.29, 1.82) is 0 Å². The van der Waals surface area contributed by atoms with E-state index in [1.807, 2.05) is 25.1 Å². The zero-order chi connectivity index (χ0) is 15.4. The molecule has 0 aromatic heterocycles. The summed E-state index contributed by atoms with van der Waals surface area (Å²) < 4.78 is 11.0. The molecule has 2 unspecified atom stereocenters. The predicted octanol–water partition coefficient (Wildman–Crippen LogP) is 2.07. The third-order valence-electron chi connectivity index (χ3n) is 3.95. The minimum atomic E-state index is -0.282.